The van der Waals surface area contributed by atoms with Crippen molar-refractivity contribution in [3.8, 4) is 0 Å². The Kier molecular flexibility index (Phi) is 2.79. The highest BCUT2D eigenvalue weighted by molar-refractivity contribution is 7.13. The number of benzene rings is 1. The lowest BCUT2D eigenvalue weighted by atomic mass is 10.1. The van der Waals surface area contributed by atoms with E-state index in [1.807, 2.05) is 5.38 Å². The molecule has 1 aromatic carbocycles. The zero-order valence-corrected chi connectivity index (χ0v) is 8.84. The molecule has 0 unspecified atom stereocenters. The SMILES string of the molecule is CCc1ccc(Nc2nccs2)cc1. The molecule has 0 amide bonds. The summed E-state index contributed by atoms with van der Waals surface area (Å²) in [5.74, 6) is 0. The lowest BCUT2D eigenvalue weighted by Gasteiger charge is -2.02. The van der Waals surface area contributed by atoms with Gasteiger partial charge in [-0.3, -0.25) is 0 Å². The largest absolute Gasteiger partial charge is 0.332 e. The van der Waals surface area contributed by atoms with E-state index in [-0.39, 0.29) is 0 Å². The molecule has 0 saturated heterocycles. The third kappa shape index (κ3) is 2.12. The summed E-state index contributed by atoms with van der Waals surface area (Å²) in [5.41, 5.74) is 2.45. The maximum Gasteiger partial charge on any atom is 0.187 e. The predicted molar refractivity (Wildman–Crippen MR) is 61.2 cm³/mol. The van der Waals surface area contributed by atoms with Gasteiger partial charge in [-0.15, -0.1) is 11.3 Å². The van der Waals surface area contributed by atoms with Gasteiger partial charge in [0.2, 0.25) is 0 Å². The Bertz CT molecular complexity index is 378. The first kappa shape index (κ1) is 9.21. The van der Waals surface area contributed by atoms with Crippen LogP contribution in [0.15, 0.2) is 35.8 Å². The highest BCUT2D eigenvalue weighted by atomic mass is 32.1. The van der Waals surface area contributed by atoms with Gasteiger partial charge in [0.1, 0.15) is 0 Å². The van der Waals surface area contributed by atoms with Crippen LogP contribution in [0.5, 0.6) is 0 Å². The number of thiazole rings is 1. The summed E-state index contributed by atoms with van der Waals surface area (Å²) >= 11 is 1.61. The van der Waals surface area contributed by atoms with Crippen LogP contribution in [0.25, 0.3) is 0 Å². The van der Waals surface area contributed by atoms with Crippen molar-refractivity contribution in [3.05, 3.63) is 41.4 Å². The van der Waals surface area contributed by atoms with Gasteiger partial charge in [-0.25, -0.2) is 4.98 Å². The number of aryl methyl sites for hydroxylation is 1. The molecule has 0 bridgehead atoms. The third-order valence-corrected chi connectivity index (χ3v) is 2.73. The maximum atomic E-state index is 4.16. The van der Waals surface area contributed by atoms with Crippen molar-refractivity contribution in [2.75, 3.05) is 5.32 Å². The fourth-order valence-corrected chi connectivity index (χ4v) is 1.78. The number of hydrogen-bond acceptors (Lipinski definition) is 3. The Morgan fingerprint density at radius 3 is 2.64 bits per heavy atom. The monoisotopic (exact) mass is 204 g/mol. The smallest absolute Gasteiger partial charge is 0.187 e. The summed E-state index contributed by atoms with van der Waals surface area (Å²) in [6, 6.07) is 8.44. The van der Waals surface area contributed by atoms with Crippen molar-refractivity contribution in [2.24, 2.45) is 0 Å². The average Bonchev–Trinajstić information content (AvgIpc) is 2.72. The van der Waals surface area contributed by atoms with E-state index in [4.69, 9.17) is 0 Å². The van der Waals surface area contributed by atoms with Gasteiger partial charge in [-0.05, 0) is 24.1 Å². The second kappa shape index (κ2) is 4.24. The normalized spacial score (nSPS) is 10.1. The predicted octanol–water partition coefficient (Wildman–Crippen LogP) is 3.45. The minimum absolute atomic E-state index is 0.939. The van der Waals surface area contributed by atoms with E-state index in [2.05, 4.69) is 41.5 Å². The van der Waals surface area contributed by atoms with E-state index >= 15 is 0 Å². The lowest BCUT2D eigenvalue weighted by molar-refractivity contribution is 1.14. The molecule has 0 aliphatic carbocycles. The molecule has 2 nitrogen and oxygen atoms in total. The Morgan fingerprint density at radius 1 is 1.29 bits per heavy atom. The molecule has 0 aliphatic rings. The standard InChI is InChI=1S/C11H12N2S/c1-2-9-3-5-10(6-4-9)13-11-12-7-8-14-11/h3-8H,2H2,1H3,(H,12,13). The van der Waals surface area contributed by atoms with Crippen LogP contribution in [-0.2, 0) is 6.42 Å². The highest BCUT2D eigenvalue weighted by Gasteiger charge is 1.95. The first-order valence-corrected chi connectivity index (χ1v) is 5.52. The van der Waals surface area contributed by atoms with E-state index in [1.165, 1.54) is 5.56 Å². The summed E-state index contributed by atoms with van der Waals surface area (Å²) in [4.78, 5) is 4.16. The van der Waals surface area contributed by atoms with Gasteiger partial charge in [0.25, 0.3) is 0 Å². The van der Waals surface area contributed by atoms with Crippen LogP contribution in [-0.4, -0.2) is 4.98 Å². The molecular weight excluding hydrogens is 192 g/mol. The van der Waals surface area contributed by atoms with Crippen LogP contribution in [0.3, 0.4) is 0 Å². The van der Waals surface area contributed by atoms with E-state index < -0.39 is 0 Å². The van der Waals surface area contributed by atoms with Gasteiger partial charge in [-0.2, -0.15) is 0 Å². The highest BCUT2D eigenvalue weighted by Crippen LogP contribution is 2.18. The first-order chi connectivity index (χ1) is 6.88. The van der Waals surface area contributed by atoms with Crippen molar-refractivity contribution in [2.45, 2.75) is 13.3 Å². The van der Waals surface area contributed by atoms with Gasteiger partial charge in [0, 0.05) is 17.3 Å². The second-order valence-electron chi connectivity index (χ2n) is 3.01. The molecule has 1 heterocycles. The van der Waals surface area contributed by atoms with E-state index in [0.717, 1.165) is 17.2 Å². The molecule has 72 valence electrons. The number of rotatable bonds is 3. The average molecular weight is 204 g/mol. The molecule has 14 heavy (non-hydrogen) atoms. The molecule has 0 spiro atoms. The summed E-state index contributed by atoms with van der Waals surface area (Å²) in [6.07, 6.45) is 2.88. The lowest BCUT2D eigenvalue weighted by Crippen LogP contribution is -1.89. The Morgan fingerprint density at radius 2 is 2.07 bits per heavy atom. The van der Waals surface area contributed by atoms with Crippen LogP contribution in [0.1, 0.15) is 12.5 Å². The Labute approximate surface area is 87.6 Å². The molecule has 2 rings (SSSR count). The quantitative estimate of drug-likeness (QED) is 0.828. The van der Waals surface area contributed by atoms with Crippen LogP contribution in [0.2, 0.25) is 0 Å². The summed E-state index contributed by atoms with van der Waals surface area (Å²) in [6.45, 7) is 2.16. The van der Waals surface area contributed by atoms with E-state index in [1.54, 1.807) is 17.5 Å². The van der Waals surface area contributed by atoms with Gasteiger partial charge in [0.15, 0.2) is 5.13 Å². The van der Waals surface area contributed by atoms with Crippen molar-refractivity contribution in [3.63, 3.8) is 0 Å². The number of hydrogen-bond donors (Lipinski definition) is 1. The minimum Gasteiger partial charge on any atom is -0.332 e. The minimum atomic E-state index is 0.939. The molecule has 0 aliphatic heterocycles. The second-order valence-corrected chi connectivity index (χ2v) is 3.91. The van der Waals surface area contributed by atoms with Crippen molar-refractivity contribution >= 4 is 22.2 Å². The van der Waals surface area contributed by atoms with Crippen molar-refractivity contribution in [1.82, 2.24) is 4.98 Å². The van der Waals surface area contributed by atoms with Crippen molar-refractivity contribution in [1.29, 1.82) is 0 Å². The zero-order valence-electron chi connectivity index (χ0n) is 8.03. The van der Waals surface area contributed by atoms with Crippen LogP contribution in [0, 0.1) is 0 Å². The Balaban J connectivity index is 2.10. The van der Waals surface area contributed by atoms with Gasteiger partial charge in [0.05, 0.1) is 0 Å². The van der Waals surface area contributed by atoms with Crippen molar-refractivity contribution < 1.29 is 0 Å². The van der Waals surface area contributed by atoms with Gasteiger partial charge >= 0.3 is 0 Å². The number of aromatic nitrogens is 1. The summed E-state index contributed by atoms with van der Waals surface area (Å²) in [7, 11) is 0. The third-order valence-electron chi connectivity index (χ3n) is 2.05. The van der Waals surface area contributed by atoms with Crippen LogP contribution in [0.4, 0.5) is 10.8 Å². The fourth-order valence-electron chi connectivity index (χ4n) is 1.23. The summed E-state index contributed by atoms with van der Waals surface area (Å²) in [5, 5.41) is 6.14. The van der Waals surface area contributed by atoms with E-state index in [0.29, 0.717) is 0 Å². The molecule has 0 fully saturated rings. The Hall–Kier alpha value is -1.35. The number of anilines is 2. The molecule has 1 aromatic heterocycles. The molecule has 3 heteroatoms. The fraction of sp³-hybridized carbons (Fsp3) is 0.182. The zero-order chi connectivity index (χ0) is 9.80. The number of nitrogens with one attached hydrogen (secondary N) is 1. The van der Waals surface area contributed by atoms with Gasteiger partial charge < -0.3 is 5.32 Å². The summed E-state index contributed by atoms with van der Waals surface area (Å²) < 4.78 is 0. The first-order valence-electron chi connectivity index (χ1n) is 4.64. The van der Waals surface area contributed by atoms with Crippen LogP contribution < -0.4 is 5.32 Å². The number of nitrogens with zero attached hydrogens (tertiary/aromatic N) is 1. The molecule has 0 radical (unpaired) electrons. The molecule has 0 saturated carbocycles. The topological polar surface area (TPSA) is 24.9 Å². The van der Waals surface area contributed by atoms with Gasteiger partial charge in [-0.1, -0.05) is 19.1 Å². The molecule has 1 N–H and O–H groups in total. The molecular formula is C11H12N2S. The molecule has 2 aromatic rings. The van der Waals surface area contributed by atoms with E-state index in [9.17, 15) is 0 Å². The maximum absolute atomic E-state index is 4.16. The molecule has 0 atom stereocenters. The van der Waals surface area contributed by atoms with Crippen LogP contribution >= 0.6 is 11.3 Å².